The molecule has 0 fully saturated rings. The van der Waals surface area contributed by atoms with E-state index >= 15 is 0 Å². The van der Waals surface area contributed by atoms with Gasteiger partial charge in [-0.2, -0.15) is 5.10 Å². The quantitative estimate of drug-likeness (QED) is 0.363. The molecule has 186 valence electrons. The number of nitrogens with zero attached hydrogens (tertiary/aromatic N) is 6. The second-order valence-electron chi connectivity index (χ2n) is 8.95. The fourth-order valence-electron chi connectivity index (χ4n) is 4.64. The predicted octanol–water partition coefficient (Wildman–Crippen LogP) is 4.40. The molecule has 1 aliphatic rings. The smallest absolute Gasteiger partial charge is 0.267 e. The molecule has 1 unspecified atom stereocenters. The van der Waals surface area contributed by atoms with Crippen molar-refractivity contribution < 1.29 is 9.50 Å². The molecule has 5 aromatic rings. The highest BCUT2D eigenvalue weighted by molar-refractivity contribution is 7.16. The molecule has 0 saturated heterocycles. The molecular weight excluding hydrogens is 493 g/mol. The molecule has 1 aromatic carbocycles. The van der Waals surface area contributed by atoms with Crippen LogP contribution in [0.2, 0.25) is 0 Å². The number of aliphatic hydroxyl groups is 1. The number of thiophene rings is 1. The molecule has 11 heteroatoms. The first-order valence-electron chi connectivity index (χ1n) is 11.6. The van der Waals surface area contributed by atoms with Gasteiger partial charge in [0.1, 0.15) is 40.8 Å². The van der Waals surface area contributed by atoms with Crippen LogP contribution in [0.15, 0.2) is 58.7 Å². The van der Waals surface area contributed by atoms with Crippen LogP contribution in [-0.4, -0.2) is 40.6 Å². The number of hydrogen-bond acceptors (Lipinski definition) is 8. The molecule has 4 aromatic heterocycles. The maximum absolute atomic E-state index is 13.9. The molecule has 6 rings (SSSR count). The molecule has 0 spiro atoms. The summed E-state index contributed by atoms with van der Waals surface area (Å²) in [7, 11) is 0. The summed E-state index contributed by atoms with van der Waals surface area (Å²) in [5, 5.41) is 17.7. The van der Waals surface area contributed by atoms with E-state index in [1.807, 2.05) is 43.5 Å². The van der Waals surface area contributed by atoms with Gasteiger partial charge in [0.25, 0.3) is 5.56 Å². The Morgan fingerprint density at radius 1 is 1.19 bits per heavy atom. The van der Waals surface area contributed by atoms with Gasteiger partial charge in [-0.15, -0.1) is 11.3 Å². The summed E-state index contributed by atoms with van der Waals surface area (Å²) in [6.07, 6.45) is 2.90. The van der Waals surface area contributed by atoms with Gasteiger partial charge >= 0.3 is 0 Å². The Balaban J connectivity index is 1.58. The summed E-state index contributed by atoms with van der Waals surface area (Å²) in [6.45, 7) is 3.95. The summed E-state index contributed by atoms with van der Waals surface area (Å²) >= 11 is 1.42. The van der Waals surface area contributed by atoms with E-state index in [1.54, 1.807) is 15.3 Å². The van der Waals surface area contributed by atoms with Crippen LogP contribution in [0.3, 0.4) is 0 Å². The first-order chi connectivity index (χ1) is 17.8. The molecule has 0 radical (unpaired) electrons. The summed E-state index contributed by atoms with van der Waals surface area (Å²) in [6, 6.07) is 7.63. The Kier molecular flexibility index (Phi) is 5.37. The first kappa shape index (κ1) is 23.0. The molecule has 0 saturated carbocycles. The molecular formula is C26H22FN7O2S. The number of aliphatic hydroxyl groups excluding tert-OH is 1. The van der Waals surface area contributed by atoms with Crippen molar-refractivity contribution in [3.8, 4) is 5.69 Å². The van der Waals surface area contributed by atoms with E-state index in [1.165, 1.54) is 23.7 Å². The second kappa shape index (κ2) is 8.63. The highest BCUT2D eigenvalue weighted by atomic mass is 32.1. The Morgan fingerprint density at radius 2 is 2.00 bits per heavy atom. The van der Waals surface area contributed by atoms with E-state index in [2.05, 4.69) is 9.97 Å². The van der Waals surface area contributed by atoms with Crippen molar-refractivity contribution in [1.82, 2.24) is 29.3 Å². The number of allylic oxidation sites excluding steroid dienone is 4. The number of rotatable bonds is 4. The number of para-hydroxylation sites is 1. The minimum absolute atomic E-state index is 0.0163. The highest BCUT2D eigenvalue weighted by Gasteiger charge is 2.24. The van der Waals surface area contributed by atoms with Crippen molar-refractivity contribution >= 4 is 44.0 Å². The lowest BCUT2D eigenvalue weighted by molar-refractivity contribution is 0.260. The van der Waals surface area contributed by atoms with Crippen LogP contribution in [0.1, 0.15) is 29.1 Å². The Morgan fingerprint density at radius 3 is 2.78 bits per heavy atom. The van der Waals surface area contributed by atoms with E-state index in [-0.39, 0.29) is 30.1 Å². The van der Waals surface area contributed by atoms with Gasteiger partial charge in [0.05, 0.1) is 16.5 Å². The maximum atomic E-state index is 13.9. The molecule has 3 N–H and O–H groups in total. The number of anilines is 1. The van der Waals surface area contributed by atoms with Crippen molar-refractivity contribution in [2.24, 2.45) is 0 Å². The molecule has 9 nitrogen and oxygen atoms in total. The van der Waals surface area contributed by atoms with Crippen molar-refractivity contribution in [1.29, 1.82) is 0 Å². The number of aryl methyl sites for hydroxylation is 2. The van der Waals surface area contributed by atoms with E-state index in [0.717, 1.165) is 16.8 Å². The zero-order chi connectivity index (χ0) is 25.8. The summed E-state index contributed by atoms with van der Waals surface area (Å²) in [4.78, 5) is 27.8. The largest absolute Gasteiger partial charge is 0.509 e. The normalized spacial score (nSPS) is 15.8. The summed E-state index contributed by atoms with van der Waals surface area (Å²) in [5.74, 6) is 0.307. The molecule has 0 bridgehead atoms. The third-order valence-corrected chi connectivity index (χ3v) is 7.50. The fraction of sp³-hybridized carbons (Fsp3) is 0.192. The van der Waals surface area contributed by atoms with Crippen LogP contribution >= 0.6 is 11.3 Å². The van der Waals surface area contributed by atoms with Crippen molar-refractivity contribution in [3.63, 3.8) is 0 Å². The van der Waals surface area contributed by atoms with Crippen LogP contribution < -0.4 is 11.3 Å². The molecule has 1 aliphatic carbocycles. The number of halogens is 1. The van der Waals surface area contributed by atoms with Crippen LogP contribution in [0.25, 0.3) is 32.5 Å². The third kappa shape index (κ3) is 3.70. The van der Waals surface area contributed by atoms with Gasteiger partial charge in [-0.25, -0.2) is 24.0 Å². The molecule has 37 heavy (non-hydrogen) atoms. The zero-order valence-corrected chi connectivity index (χ0v) is 20.8. The maximum Gasteiger partial charge on any atom is 0.267 e. The van der Waals surface area contributed by atoms with Crippen molar-refractivity contribution in [2.45, 2.75) is 33.0 Å². The van der Waals surface area contributed by atoms with Gasteiger partial charge in [0.15, 0.2) is 11.8 Å². The lowest BCUT2D eigenvalue weighted by atomic mass is 10.0. The molecule has 1 atom stereocenters. The summed E-state index contributed by atoms with van der Waals surface area (Å²) < 4.78 is 17.1. The number of hydrogen-bond donors (Lipinski definition) is 2. The predicted molar refractivity (Wildman–Crippen MR) is 142 cm³/mol. The number of fused-ring (bicyclic) bond motifs is 2. The average molecular weight is 516 g/mol. The monoisotopic (exact) mass is 515 g/mol. The van der Waals surface area contributed by atoms with Crippen LogP contribution in [0.4, 0.5) is 10.2 Å². The minimum Gasteiger partial charge on any atom is -0.509 e. The van der Waals surface area contributed by atoms with E-state index < -0.39 is 6.17 Å². The van der Waals surface area contributed by atoms with E-state index in [0.29, 0.717) is 38.3 Å². The SMILES string of the molecule is Cc1ccccc1-n1c(Cn2nc(C3=CCC(F)C(O)=C3)c3c(N)ncnc32)nc2scc(C)c2c1=O. The molecule has 4 heterocycles. The number of nitrogen functional groups attached to an aromatic ring is 1. The van der Waals surface area contributed by atoms with Gasteiger partial charge in [0, 0.05) is 12.0 Å². The lowest BCUT2D eigenvalue weighted by Gasteiger charge is -2.15. The van der Waals surface area contributed by atoms with E-state index in [9.17, 15) is 14.3 Å². The second-order valence-corrected chi connectivity index (χ2v) is 9.81. The van der Waals surface area contributed by atoms with Crippen LogP contribution in [-0.2, 0) is 6.54 Å². The van der Waals surface area contributed by atoms with Crippen molar-refractivity contribution in [2.75, 3.05) is 5.73 Å². The van der Waals surface area contributed by atoms with Crippen LogP contribution in [0.5, 0.6) is 0 Å². The first-order valence-corrected chi connectivity index (χ1v) is 12.5. The lowest BCUT2D eigenvalue weighted by Crippen LogP contribution is -2.26. The number of benzene rings is 1. The van der Waals surface area contributed by atoms with Gasteiger partial charge in [-0.3, -0.25) is 9.36 Å². The van der Waals surface area contributed by atoms with Gasteiger partial charge in [0.2, 0.25) is 0 Å². The van der Waals surface area contributed by atoms with Gasteiger partial charge in [-0.1, -0.05) is 24.3 Å². The van der Waals surface area contributed by atoms with Crippen LogP contribution in [0, 0.1) is 13.8 Å². The fourth-order valence-corrected chi connectivity index (χ4v) is 5.57. The van der Waals surface area contributed by atoms with Gasteiger partial charge in [-0.05, 0) is 42.5 Å². The minimum atomic E-state index is -1.46. The number of alkyl halides is 1. The van der Waals surface area contributed by atoms with E-state index in [4.69, 9.17) is 15.8 Å². The Bertz CT molecular complexity index is 1830. The average Bonchev–Trinajstić information content (AvgIpc) is 3.43. The van der Waals surface area contributed by atoms with Gasteiger partial charge < -0.3 is 10.8 Å². The number of nitrogens with two attached hydrogens (primary N) is 1. The Labute approximate surface area is 214 Å². The highest BCUT2D eigenvalue weighted by Crippen LogP contribution is 2.32. The zero-order valence-electron chi connectivity index (χ0n) is 20.0. The topological polar surface area (TPSA) is 125 Å². The standard InChI is InChI=1S/C26H22FN7O2S/c1-13-5-3-4-6-17(13)34-19(31-25-20(26(34)36)14(2)11-37-25)10-33-24-21(23(28)29-12-30-24)22(32-33)15-7-8-16(27)18(35)9-15/h3-7,9,11-12,16,35H,8,10H2,1-2H3,(H2,28,29,30). The third-order valence-electron chi connectivity index (χ3n) is 6.51. The summed E-state index contributed by atoms with van der Waals surface area (Å²) in [5.41, 5.74) is 9.96. The molecule has 0 amide bonds. The molecule has 0 aliphatic heterocycles. The van der Waals surface area contributed by atoms with Crippen molar-refractivity contribution in [3.05, 3.63) is 86.9 Å². The Hall–Kier alpha value is -4.38. The number of aromatic nitrogens is 6.